The van der Waals surface area contributed by atoms with E-state index in [9.17, 15) is 4.79 Å². The molecule has 0 unspecified atom stereocenters. The smallest absolute Gasteiger partial charge is 0.223 e. The van der Waals surface area contributed by atoms with Gasteiger partial charge in [-0.05, 0) is 45.4 Å². The molecule has 2 aliphatic carbocycles. The topological polar surface area (TPSA) is 61.7 Å². The lowest BCUT2D eigenvalue weighted by Gasteiger charge is -2.27. The number of carbonyl (C=O) groups excluding carboxylic acids is 1. The second-order valence-electron chi connectivity index (χ2n) is 7.55. The van der Waals surface area contributed by atoms with Gasteiger partial charge in [-0.1, -0.05) is 50.1 Å². The van der Waals surface area contributed by atoms with E-state index in [-0.39, 0.29) is 5.92 Å². The number of hydrogen-bond acceptors (Lipinski definition) is 3. The number of hydrogen-bond donors (Lipinski definition) is 2. The lowest BCUT2D eigenvalue weighted by atomic mass is 9.83. The SMILES string of the molecule is C/C(=N\O)C1CCCC(C(=O)NC2CCCCCCC2)CCC1. The van der Waals surface area contributed by atoms with Gasteiger partial charge in [-0.3, -0.25) is 4.79 Å². The highest BCUT2D eigenvalue weighted by molar-refractivity contribution is 5.83. The third kappa shape index (κ3) is 6.15. The maximum absolute atomic E-state index is 12.6. The Morgan fingerprint density at radius 2 is 1.35 bits per heavy atom. The van der Waals surface area contributed by atoms with E-state index in [0.29, 0.717) is 17.9 Å². The minimum atomic E-state index is 0.188. The molecule has 2 aliphatic rings. The maximum atomic E-state index is 12.6. The average Bonchev–Trinajstić information content (AvgIpc) is 2.49. The average molecular weight is 322 g/mol. The fourth-order valence-corrected chi connectivity index (χ4v) is 4.19. The monoisotopic (exact) mass is 322 g/mol. The first kappa shape index (κ1) is 18.3. The van der Waals surface area contributed by atoms with Crippen molar-refractivity contribution in [3.05, 3.63) is 0 Å². The van der Waals surface area contributed by atoms with Crippen LogP contribution in [0.2, 0.25) is 0 Å². The normalized spacial score (nSPS) is 29.0. The van der Waals surface area contributed by atoms with Crippen LogP contribution in [0.1, 0.15) is 90.4 Å². The Morgan fingerprint density at radius 1 is 0.826 bits per heavy atom. The number of oxime groups is 1. The largest absolute Gasteiger partial charge is 0.411 e. The molecule has 2 N–H and O–H groups in total. The molecule has 2 saturated carbocycles. The molecule has 0 heterocycles. The van der Waals surface area contributed by atoms with Crippen molar-refractivity contribution in [2.24, 2.45) is 17.0 Å². The van der Waals surface area contributed by atoms with Crippen LogP contribution in [0.3, 0.4) is 0 Å². The van der Waals surface area contributed by atoms with Gasteiger partial charge in [0.15, 0.2) is 0 Å². The van der Waals surface area contributed by atoms with E-state index in [0.717, 1.165) is 57.1 Å². The summed E-state index contributed by atoms with van der Waals surface area (Å²) in [6.07, 6.45) is 15.0. The Morgan fingerprint density at radius 3 is 1.91 bits per heavy atom. The molecule has 0 aromatic heterocycles. The third-order valence-electron chi connectivity index (χ3n) is 5.78. The molecule has 0 aliphatic heterocycles. The van der Waals surface area contributed by atoms with Crippen molar-refractivity contribution in [3.8, 4) is 0 Å². The van der Waals surface area contributed by atoms with Gasteiger partial charge in [-0.25, -0.2) is 0 Å². The fourth-order valence-electron chi connectivity index (χ4n) is 4.19. The van der Waals surface area contributed by atoms with Crippen molar-refractivity contribution in [3.63, 3.8) is 0 Å². The summed E-state index contributed by atoms with van der Waals surface area (Å²) in [5, 5.41) is 15.7. The second-order valence-corrected chi connectivity index (χ2v) is 7.55. The van der Waals surface area contributed by atoms with Crippen LogP contribution >= 0.6 is 0 Å². The lowest BCUT2D eigenvalue weighted by Crippen LogP contribution is -2.39. The molecule has 2 rings (SSSR count). The standard InChI is InChI=1S/C19H34N2O2/c1-15(21-23)16-9-7-11-17(12-8-10-16)19(22)20-18-13-5-3-2-4-6-14-18/h16-18,23H,2-14H2,1H3,(H,20,22)/b21-15+. The van der Waals surface area contributed by atoms with E-state index < -0.39 is 0 Å². The zero-order chi connectivity index (χ0) is 16.5. The van der Waals surface area contributed by atoms with Crippen LogP contribution in [0.4, 0.5) is 0 Å². The molecular formula is C19H34N2O2. The van der Waals surface area contributed by atoms with Crippen molar-refractivity contribution in [1.29, 1.82) is 0 Å². The van der Waals surface area contributed by atoms with Gasteiger partial charge in [-0.2, -0.15) is 0 Å². The van der Waals surface area contributed by atoms with Gasteiger partial charge < -0.3 is 10.5 Å². The minimum Gasteiger partial charge on any atom is -0.411 e. The molecule has 4 heteroatoms. The minimum absolute atomic E-state index is 0.188. The quantitative estimate of drug-likeness (QED) is 0.451. The predicted octanol–water partition coefficient (Wildman–Crippen LogP) is 4.65. The number of nitrogens with one attached hydrogen (secondary N) is 1. The van der Waals surface area contributed by atoms with Gasteiger partial charge in [0.25, 0.3) is 0 Å². The first-order valence-electron chi connectivity index (χ1n) is 9.69. The molecule has 0 bridgehead atoms. The van der Waals surface area contributed by atoms with Gasteiger partial charge >= 0.3 is 0 Å². The number of carbonyl (C=O) groups is 1. The van der Waals surface area contributed by atoms with Crippen molar-refractivity contribution < 1.29 is 10.0 Å². The van der Waals surface area contributed by atoms with Crippen molar-refractivity contribution >= 4 is 11.6 Å². The van der Waals surface area contributed by atoms with Crippen LogP contribution in [-0.4, -0.2) is 22.9 Å². The number of rotatable bonds is 3. The Kier molecular flexibility index (Phi) is 7.90. The second kappa shape index (κ2) is 9.94. The summed E-state index contributed by atoms with van der Waals surface area (Å²) in [5.74, 6) is 0.879. The van der Waals surface area contributed by atoms with Crippen LogP contribution in [0.5, 0.6) is 0 Å². The van der Waals surface area contributed by atoms with Crippen LogP contribution in [0, 0.1) is 11.8 Å². The Bertz CT molecular complexity index is 377. The highest BCUT2D eigenvalue weighted by Crippen LogP contribution is 2.27. The van der Waals surface area contributed by atoms with E-state index >= 15 is 0 Å². The molecule has 1 amide bonds. The zero-order valence-electron chi connectivity index (χ0n) is 14.7. The summed E-state index contributed by atoms with van der Waals surface area (Å²) in [6, 6.07) is 0.407. The molecule has 0 radical (unpaired) electrons. The van der Waals surface area contributed by atoms with Gasteiger partial charge in [0, 0.05) is 17.9 Å². The van der Waals surface area contributed by atoms with Crippen molar-refractivity contribution in [2.75, 3.05) is 0 Å². The summed E-state index contributed by atoms with van der Waals surface area (Å²) in [5.41, 5.74) is 0.849. The molecule has 2 fully saturated rings. The molecule has 4 nitrogen and oxygen atoms in total. The molecule has 0 aromatic carbocycles. The fraction of sp³-hybridized carbons (Fsp3) is 0.895. The van der Waals surface area contributed by atoms with E-state index in [4.69, 9.17) is 5.21 Å². The summed E-state index contributed by atoms with van der Waals surface area (Å²) in [7, 11) is 0. The molecular weight excluding hydrogens is 288 g/mol. The van der Waals surface area contributed by atoms with E-state index in [1.165, 1.54) is 32.1 Å². The lowest BCUT2D eigenvalue weighted by molar-refractivity contribution is -0.126. The van der Waals surface area contributed by atoms with Crippen LogP contribution in [0.25, 0.3) is 0 Å². The first-order chi connectivity index (χ1) is 11.2. The number of amides is 1. The first-order valence-corrected chi connectivity index (χ1v) is 9.69. The van der Waals surface area contributed by atoms with E-state index in [2.05, 4.69) is 10.5 Å². The summed E-state index contributed by atoms with van der Waals surface area (Å²) >= 11 is 0. The zero-order valence-corrected chi connectivity index (χ0v) is 14.7. The summed E-state index contributed by atoms with van der Waals surface area (Å²) in [4.78, 5) is 12.6. The molecule has 132 valence electrons. The van der Waals surface area contributed by atoms with Crippen LogP contribution in [0.15, 0.2) is 5.16 Å². The van der Waals surface area contributed by atoms with E-state index in [1.54, 1.807) is 0 Å². The van der Waals surface area contributed by atoms with Gasteiger partial charge in [0.1, 0.15) is 0 Å². The van der Waals surface area contributed by atoms with Crippen molar-refractivity contribution in [2.45, 2.75) is 96.4 Å². The Labute approximate surface area is 141 Å². The molecule has 0 saturated heterocycles. The van der Waals surface area contributed by atoms with Gasteiger partial charge in [-0.15, -0.1) is 0 Å². The van der Waals surface area contributed by atoms with E-state index in [1.807, 2.05) is 6.92 Å². The highest BCUT2D eigenvalue weighted by Gasteiger charge is 2.25. The Balaban J connectivity index is 1.78. The summed E-state index contributed by atoms with van der Waals surface area (Å²) in [6.45, 7) is 1.91. The van der Waals surface area contributed by atoms with Crippen LogP contribution in [-0.2, 0) is 4.79 Å². The molecule has 0 atom stereocenters. The third-order valence-corrected chi connectivity index (χ3v) is 5.78. The molecule has 0 spiro atoms. The predicted molar refractivity (Wildman–Crippen MR) is 93.8 cm³/mol. The molecule has 23 heavy (non-hydrogen) atoms. The highest BCUT2D eigenvalue weighted by atomic mass is 16.4. The summed E-state index contributed by atoms with van der Waals surface area (Å²) < 4.78 is 0. The van der Waals surface area contributed by atoms with Gasteiger partial charge in [0.05, 0.1) is 5.71 Å². The van der Waals surface area contributed by atoms with Crippen LogP contribution < -0.4 is 5.32 Å². The Hall–Kier alpha value is -1.06. The van der Waals surface area contributed by atoms with Gasteiger partial charge in [0.2, 0.25) is 5.91 Å². The van der Waals surface area contributed by atoms with Crippen molar-refractivity contribution in [1.82, 2.24) is 5.32 Å². The number of nitrogens with zero attached hydrogens (tertiary/aromatic N) is 1. The maximum Gasteiger partial charge on any atom is 0.223 e. The molecule has 0 aromatic rings.